The lowest BCUT2D eigenvalue weighted by molar-refractivity contribution is 0.0925. The number of hydrogen-bond donors (Lipinski definition) is 2. The summed E-state index contributed by atoms with van der Waals surface area (Å²) in [6.07, 6.45) is 4.50. The molecule has 4 nitrogen and oxygen atoms in total. The first-order valence-corrected chi connectivity index (χ1v) is 6.98. The minimum Gasteiger partial charge on any atom is -0.375 e. The number of aromatic nitrogens is 1. The molecule has 6 heteroatoms. The summed E-state index contributed by atoms with van der Waals surface area (Å²) >= 11 is 6.98. The lowest BCUT2D eigenvalue weighted by atomic mass is 9.87. The Kier molecular flexibility index (Phi) is 3.89. The summed E-state index contributed by atoms with van der Waals surface area (Å²) in [6.45, 7) is 2.22. The summed E-state index contributed by atoms with van der Waals surface area (Å²) in [4.78, 5) is 16.2. The third-order valence-corrected chi connectivity index (χ3v) is 4.35. The van der Waals surface area contributed by atoms with Crippen LogP contribution in [-0.4, -0.2) is 16.9 Å². The molecule has 0 saturated heterocycles. The van der Waals surface area contributed by atoms with Crippen molar-refractivity contribution in [1.29, 1.82) is 0 Å². The van der Waals surface area contributed by atoms with E-state index in [1.165, 1.54) is 12.8 Å². The number of hydrogen-bond acceptors (Lipinski definition) is 4. The smallest absolute Gasteiger partial charge is 0.264 e. The highest BCUT2D eigenvalue weighted by atomic mass is 35.5. The van der Waals surface area contributed by atoms with Crippen molar-refractivity contribution in [3.63, 3.8) is 0 Å². The lowest BCUT2D eigenvalue weighted by Crippen LogP contribution is -2.37. The van der Waals surface area contributed by atoms with E-state index in [0.29, 0.717) is 15.9 Å². The molecule has 1 amide bonds. The van der Waals surface area contributed by atoms with E-state index in [-0.39, 0.29) is 17.1 Å². The van der Waals surface area contributed by atoms with E-state index in [1.807, 2.05) is 0 Å². The van der Waals surface area contributed by atoms with Crippen LogP contribution in [0.15, 0.2) is 0 Å². The molecule has 1 heterocycles. The van der Waals surface area contributed by atoms with Crippen LogP contribution in [0.4, 0.5) is 5.13 Å². The Morgan fingerprint density at radius 2 is 2.35 bits per heavy atom. The van der Waals surface area contributed by atoms with Crippen molar-refractivity contribution in [3.8, 4) is 0 Å². The second-order valence-electron chi connectivity index (χ2n) is 4.61. The van der Waals surface area contributed by atoms with Gasteiger partial charge in [-0.1, -0.05) is 42.7 Å². The summed E-state index contributed by atoms with van der Waals surface area (Å²) in [6, 6.07) is 0.255. The third kappa shape index (κ3) is 3.10. The number of nitrogens with two attached hydrogens (primary N) is 1. The first-order valence-electron chi connectivity index (χ1n) is 5.79. The molecule has 3 N–H and O–H groups in total. The fourth-order valence-electron chi connectivity index (χ4n) is 2.27. The molecule has 2 unspecified atom stereocenters. The fraction of sp³-hybridized carbons (Fsp3) is 0.636. The molecule has 0 spiro atoms. The van der Waals surface area contributed by atoms with Crippen molar-refractivity contribution in [3.05, 3.63) is 10.0 Å². The topological polar surface area (TPSA) is 68.0 Å². The maximum Gasteiger partial charge on any atom is 0.264 e. The van der Waals surface area contributed by atoms with Crippen LogP contribution in [0.5, 0.6) is 0 Å². The summed E-state index contributed by atoms with van der Waals surface area (Å²) < 4.78 is 0. The molecule has 1 aliphatic rings. The molecule has 17 heavy (non-hydrogen) atoms. The highest BCUT2D eigenvalue weighted by Gasteiger charge is 2.23. The summed E-state index contributed by atoms with van der Waals surface area (Å²) in [7, 11) is 0. The Bertz CT molecular complexity index is 421. The van der Waals surface area contributed by atoms with E-state index in [4.69, 9.17) is 17.3 Å². The molecule has 2 atom stereocenters. The number of carbonyl (C=O) groups excluding carboxylic acids is 1. The monoisotopic (exact) mass is 273 g/mol. The number of nitrogens with one attached hydrogen (secondary N) is 1. The number of carbonyl (C=O) groups is 1. The second-order valence-corrected chi connectivity index (χ2v) is 6.00. The molecule has 0 radical (unpaired) electrons. The SMILES string of the molecule is CC1CCCC(NC(=O)c2sc(N)nc2Cl)C1. The summed E-state index contributed by atoms with van der Waals surface area (Å²) in [5.74, 6) is 0.527. The minimum atomic E-state index is -0.150. The Labute approximate surface area is 110 Å². The van der Waals surface area contributed by atoms with Gasteiger partial charge in [0.05, 0.1) is 0 Å². The van der Waals surface area contributed by atoms with Gasteiger partial charge in [0.15, 0.2) is 10.3 Å². The average Bonchev–Trinajstić information content (AvgIpc) is 2.58. The molecule has 1 fully saturated rings. The number of nitrogens with zero attached hydrogens (tertiary/aromatic N) is 1. The molecule has 0 aliphatic heterocycles. The van der Waals surface area contributed by atoms with Crippen molar-refractivity contribution in [1.82, 2.24) is 10.3 Å². The number of rotatable bonds is 2. The van der Waals surface area contributed by atoms with Crippen LogP contribution in [-0.2, 0) is 0 Å². The summed E-state index contributed by atoms with van der Waals surface area (Å²) in [5.41, 5.74) is 5.52. The zero-order valence-electron chi connectivity index (χ0n) is 9.70. The predicted molar refractivity (Wildman–Crippen MR) is 70.4 cm³/mol. The van der Waals surface area contributed by atoms with Crippen LogP contribution >= 0.6 is 22.9 Å². The van der Waals surface area contributed by atoms with E-state index < -0.39 is 0 Å². The van der Waals surface area contributed by atoms with Gasteiger partial charge in [0, 0.05) is 6.04 Å². The quantitative estimate of drug-likeness (QED) is 0.870. The van der Waals surface area contributed by atoms with E-state index >= 15 is 0 Å². The number of thiazole rings is 1. The molecule has 94 valence electrons. The van der Waals surface area contributed by atoms with Crippen molar-refractivity contribution < 1.29 is 4.79 Å². The van der Waals surface area contributed by atoms with Crippen LogP contribution in [0.25, 0.3) is 0 Å². The second kappa shape index (κ2) is 5.23. The molecule has 1 aliphatic carbocycles. The molecular formula is C11H16ClN3OS. The van der Waals surface area contributed by atoms with Crippen molar-refractivity contribution in [2.24, 2.45) is 5.92 Å². The van der Waals surface area contributed by atoms with Crippen molar-refractivity contribution >= 4 is 34.0 Å². The molecule has 2 rings (SSSR count). The predicted octanol–water partition coefficient (Wildman–Crippen LogP) is 2.69. The highest BCUT2D eigenvalue weighted by molar-refractivity contribution is 7.17. The van der Waals surface area contributed by atoms with Crippen LogP contribution in [0.1, 0.15) is 42.3 Å². The maximum absolute atomic E-state index is 12.0. The first kappa shape index (κ1) is 12.6. The van der Waals surface area contributed by atoms with Gasteiger partial charge >= 0.3 is 0 Å². The Morgan fingerprint density at radius 3 is 2.94 bits per heavy atom. The van der Waals surface area contributed by atoms with Gasteiger partial charge in [-0.25, -0.2) is 4.98 Å². The average molecular weight is 274 g/mol. The van der Waals surface area contributed by atoms with Crippen LogP contribution in [0.3, 0.4) is 0 Å². The summed E-state index contributed by atoms with van der Waals surface area (Å²) in [5, 5.41) is 3.54. The Balaban J connectivity index is 1.99. The van der Waals surface area contributed by atoms with Crippen molar-refractivity contribution in [2.75, 3.05) is 5.73 Å². The molecule has 0 aromatic carbocycles. The number of nitrogen functional groups attached to an aromatic ring is 1. The van der Waals surface area contributed by atoms with Gasteiger partial charge in [0.25, 0.3) is 5.91 Å². The number of halogens is 1. The molecule has 1 aromatic rings. The Morgan fingerprint density at radius 1 is 1.59 bits per heavy atom. The first-order chi connectivity index (χ1) is 8.06. The maximum atomic E-state index is 12.0. The molecule has 1 saturated carbocycles. The van der Waals surface area contributed by atoms with Gasteiger partial charge < -0.3 is 11.1 Å². The van der Waals surface area contributed by atoms with E-state index in [1.54, 1.807) is 0 Å². The van der Waals surface area contributed by atoms with Gasteiger partial charge in [-0.15, -0.1) is 0 Å². The van der Waals surface area contributed by atoms with Gasteiger partial charge in [-0.3, -0.25) is 4.79 Å². The molecular weight excluding hydrogens is 258 g/mol. The zero-order chi connectivity index (χ0) is 12.4. The lowest BCUT2D eigenvalue weighted by Gasteiger charge is -2.27. The number of anilines is 1. The fourth-order valence-corrected chi connectivity index (χ4v) is 3.24. The molecule has 0 bridgehead atoms. The van der Waals surface area contributed by atoms with Gasteiger partial charge in [0.1, 0.15) is 4.88 Å². The molecule has 1 aromatic heterocycles. The van der Waals surface area contributed by atoms with Crippen LogP contribution in [0, 0.1) is 5.92 Å². The van der Waals surface area contributed by atoms with E-state index in [9.17, 15) is 4.79 Å². The minimum absolute atomic E-state index is 0.150. The normalized spacial score (nSPS) is 24.6. The Hall–Kier alpha value is -0.810. The third-order valence-electron chi connectivity index (χ3n) is 3.08. The zero-order valence-corrected chi connectivity index (χ0v) is 11.3. The standard InChI is InChI=1S/C11H16ClN3OS/c1-6-3-2-4-7(5-6)14-10(16)8-9(12)15-11(13)17-8/h6-7H,2-5H2,1H3,(H2,13,15)(H,14,16). The van der Waals surface area contributed by atoms with E-state index in [2.05, 4.69) is 17.2 Å². The van der Waals surface area contributed by atoms with Gasteiger partial charge in [0.2, 0.25) is 0 Å². The highest BCUT2D eigenvalue weighted by Crippen LogP contribution is 2.27. The van der Waals surface area contributed by atoms with Gasteiger partial charge in [-0.2, -0.15) is 0 Å². The van der Waals surface area contributed by atoms with Crippen LogP contribution < -0.4 is 11.1 Å². The van der Waals surface area contributed by atoms with Gasteiger partial charge in [-0.05, 0) is 18.8 Å². The van der Waals surface area contributed by atoms with Crippen molar-refractivity contribution in [2.45, 2.75) is 38.6 Å². The number of amides is 1. The van der Waals surface area contributed by atoms with Crippen LogP contribution in [0.2, 0.25) is 5.15 Å². The van der Waals surface area contributed by atoms with E-state index in [0.717, 1.165) is 24.2 Å². The largest absolute Gasteiger partial charge is 0.375 e.